The molecule has 0 aliphatic heterocycles. The second-order valence-electron chi connectivity index (χ2n) is 3.07. The summed E-state index contributed by atoms with van der Waals surface area (Å²) in [6, 6.07) is 0. The van der Waals surface area contributed by atoms with E-state index in [4.69, 9.17) is 5.11 Å². The van der Waals surface area contributed by atoms with Crippen molar-refractivity contribution in [1.82, 2.24) is 0 Å². The quantitative estimate of drug-likeness (QED) is 0.614. The zero-order chi connectivity index (χ0) is 8.04. The van der Waals surface area contributed by atoms with Crippen molar-refractivity contribution >= 4 is 0 Å². The van der Waals surface area contributed by atoms with Crippen LogP contribution in [0, 0.1) is 0 Å². The first-order valence-electron chi connectivity index (χ1n) is 3.95. The van der Waals surface area contributed by atoms with Gasteiger partial charge in [0.15, 0.2) is 0 Å². The van der Waals surface area contributed by atoms with E-state index in [1.165, 1.54) is 0 Å². The molecular weight excluding hydrogens is 128 g/mol. The Hall–Kier alpha value is -0.0800. The van der Waals surface area contributed by atoms with Crippen LogP contribution in [0.2, 0.25) is 0 Å². The molecule has 1 atom stereocenters. The molecule has 0 saturated carbocycles. The van der Waals surface area contributed by atoms with Crippen LogP contribution < -0.4 is 0 Å². The van der Waals surface area contributed by atoms with Gasteiger partial charge in [-0.1, -0.05) is 19.8 Å². The lowest BCUT2D eigenvalue weighted by atomic mass is 9.96. The van der Waals surface area contributed by atoms with Crippen LogP contribution in [0.25, 0.3) is 0 Å². The van der Waals surface area contributed by atoms with E-state index in [1.54, 1.807) is 6.92 Å². The predicted octanol–water partition coefficient (Wildman–Crippen LogP) is 1.31. The van der Waals surface area contributed by atoms with Gasteiger partial charge in [-0.25, -0.2) is 0 Å². The average Bonchev–Trinajstić information content (AvgIpc) is 1.84. The minimum atomic E-state index is -0.648. The SMILES string of the molecule is CCCC[C@@](C)(O)CCO. The maximum Gasteiger partial charge on any atom is 0.0641 e. The molecule has 0 unspecified atom stereocenters. The molecule has 0 fully saturated rings. The highest BCUT2D eigenvalue weighted by Gasteiger charge is 2.17. The highest BCUT2D eigenvalue weighted by molar-refractivity contribution is 4.70. The van der Waals surface area contributed by atoms with Crippen LogP contribution in [0.1, 0.15) is 39.5 Å². The minimum absolute atomic E-state index is 0.0801. The van der Waals surface area contributed by atoms with Crippen LogP contribution in [0.5, 0.6) is 0 Å². The summed E-state index contributed by atoms with van der Waals surface area (Å²) in [4.78, 5) is 0. The van der Waals surface area contributed by atoms with Gasteiger partial charge in [-0.05, 0) is 19.8 Å². The summed E-state index contributed by atoms with van der Waals surface area (Å²) >= 11 is 0. The van der Waals surface area contributed by atoms with Gasteiger partial charge in [0.25, 0.3) is 0 Å². The van der Waals surface area contributed by atoms with Crippen LogP contribution in [-0.4, -0.2) is 22.4 Å². The van der Waals surface area contributed by atoms with Crippen molar-refractivity contribution in [3.05, 3.63) is 0 Å². The Kier molecular flexibility index (Phi) is 4.65. The van der Waals surface area contributed by atoms with Gasteiger partial charge in [-0.15, -0.1) is 0 Å². The second-order valence-corrected chi connectivity index (χ2v) is 3.07. The zero-order valence-corrected chi connectivity index (χ0v) is 6.93. The van der Waals surface area contributed by atoms with Crippen molar-refractivity contribution in [2.75, 3.05) is 6.61 Å². The zero-order valence-electron chi connectivity index (χ0n) is 6.93. The maximum atomic E-state index is 9.49. The maximum absolute atomic E-state index is 9.49. The number of aliphatic hydroxyl groups is 2. The molecule has 0 rings (SSSR count). The molecular formula is C8H18O2. The molecule has 2 N–H and O–H groups in total. The Morgan fingerprint density at radius 1 is 1.30 bits per heavy atom. The fourth-order valence-electron chi connectivity index (χ4n) is 0.923. The van der Waals surface area contributed by atoms with Gasteiger partial charge in [-0.3, -0.25) is 0 Å². The van der Waals surface area contributed by atoms with Gasteiger partial charge in [0.1, 0.15) is 0 Å². The Labute approximate surface area is 62.9 Å². The molecule has 0 aromatic rings. The van der Waals surface area contributed by atoms with Gasteiger partial charge < -0.3 is 10.2 Å². The third kappa shape index (κ3) is 4.77. The molecule has 0 saturated heterocycles. The summed E-state index contributed by atoms with van der Waals surface area (Å²) in [7, 11) is 0. The normalized spacial score (nSPS) is 16.8. The molecule has 0 aromatic carbocycles. The highest BCUT2D eigenvalue weighted by Crippen LogP contribution is 2.16. The van der Waals surface area contributed by atoms with Crippen molar-refractivity contribution in [1.29, 1.82) is 0 Å². The summed E-state index contributed by atoms with van der Waals surface area (Å²) in [5, 5.41) is 18.0. The second kappa shape index (κ2) is 4.69. The molecule has 0 heterocycles. The first-order valence-corrected chi connectivity index (χ1v) is 3.95. The summed E-state index contributed by atoms with van der Waals surface area (Å²) in [6.45, 7) is 3.95. The largest absolute Gasteiger partial charge is 0.396 e. The first kappa shape index (κ1) is 9.92. The average molecular weight is 146 g/mol. The summed E-state index contributed by atoms with van der Waals surface area (Å²) in [5.41, 5.74) is -0.648. The van der Waals surface area contributed by atoms with Crippen LogP contribution >= 0.6 is 0 Å². The molecule has 0 spiro atoms. The Morgan fingerprint density at radius 2 is 1.90 bits per heavy atom. The number of unbranched alkanes of at least 4 members (excludes halogenated alkanes) is 1. The number of hydrogen-bond acceptors (Lipinski definition) is 2. The standard InChI is InChI=1S/C8H18O2/c1-3-4-5-8(2,10)6-7-9/h9-10H,3-7H2,1-2H3/t8-/m1/s1. The molecule has 10 heavy (non-hydrogen) atoms. The fraction of sp³-hybridized carbons (Fsp3) is 1.00. The smallest absolute Gasteiger partial charge is 0.0641 e. The lowest BCUT2D eigenvalue weighted by molar-refractivity contribution is 0.0236. The van der Waals surface area contributed by atoms with Crippen molar-refractivity contribution in [3.63, 3.8) is 0 Å². The van der Waals surface area contributed by atoms with Crippen molar-refractivity contribution in [3.8, 4) is 0 Å². The van der Waals surface area contributed by atoms with Crippen LogP contribution in [0.4, 0.5) is 0 Å². The third-order valence-electron chi connectivity index (χ3n) is 1.72. The molecule has 62 valence electrons. The number of rotatable bonds is 5. The summed E-state index contributed by atoms with van der Waals surface area (Å²) in [6.07, 6.45) is 3.42. The van der Waals surface area contributed by atoms with Crippen LogP contribution in [-0.2, 0) is 0 Å². The predicted molar refractivity (Wildman–Crippen MR) is 41.9 cm³/mol. The van der Waals surface area contributed by atoms with E-state index in [9.17, 15) is 5.11 Å². The molecule has 0 bridgehead atoms. The molecule has 2 heteroatoms. The molecule has 0 aliphatic carbocycles. The number of aliphatic hydroxyl groups excluding tert-OH is 1. The first-order chi connectivity index (χ1) is 4.62. The molecule has 2 nitrogen and oxygen atoms in total. The summed E-state index contributed by atoms with van der Waals surface area (Å²) < 4.78 is 0. The van der Waals surface area contributed by atoms with E-state index in [0.717, 1.165) is 19.3 Å². The Morgan fingerprint density at radius 3 is 2.30 bits per heavy atom. The van der Waals surface area contributed by atoms with E-state index in [2.05, 4.69) is 6.92 Å². The van der Waals surface area contributed by atoms with Crippen molar-refractivity contribution < 1.29 is 10.2 Å². The van der Waals surface area contributed by atoms with Crippen LogP contribution in [0.15, 0.2) is 0 Å². The fourth-order valence-corrected chi connectivity index (χ4v) is 0.923. The van der Waals surface area contributed by atoms with Crippen molar-refractivity contribution in [2.45, 2.75) is 45.1 Å². The van der Waals surface area contributed by atoms with E-state index in [0.29, 0.717) is 6.42 Å². The lowest BCUT2D eigenvalue weighted by Gasteiger charge is -2.21. The van der Waals surface area contributed by atoms with E-state index < -0.39 is 5.60 Å². The third-order valence-corrected chi connectivity index (χ3v) is 1.72. The molecule has 0 aromatic heterocycles. The number of hydrogen-bond donors (Lipinski definition) is 2. The van der Waals surface area contributed by atoms with Gasteiger partial charge in [0, 0.05) is 6.61 Å². The van der Waals surface area contributed by atoms with Crippen molar-refractivity contribution in [2.24, 2.45) is 0 Å². The highest BCUT2D eigenvalue weighted by atomic mass is 16.3. The monoisotopic (exact) mass is 146 g/mol. The Bertz CT molecular complexity index is 79.3. The van der Waals surface area contributed by atoms with E-state index >= 15 is 0 Å². The van der Waals surface area contributed by atoms with Gasteiger partial charge >= 0.3 is 0 Å². The van der Waals surface area contributed by atoms with E-state index in [1.807, 2.05) is 0 Å². The Balaban J connectivity index is 3.42. The molecule has 0 radical (unpaired) electrons. The lowest BCUT2D eigenvalue weighted by Crippen LogP contribution is -2.25. The van der Waals surface area contributed by atoms with Gasteiger partial charge in [0.05, 0.1) is 5.60 Å². The van der Waals surface area contributed by atoms with Gasteiger partial charge in [0.2, 0.25) is 0 Å². The minimum Gasteiger partial charge on any atom is -0.396 e. The summed E-state index contributed by atoms with van der Waals surface area (Å²) in [5.74, 6) is 0. The van der Waals surface area contributed by atoms with Crippen LogP contribution in [0.3, 0.4) is 0 Å². The van der Waals surface area contributed by atoms with Gasteiger partial charge in [-0.2, -0.15) is 0 Å². The van der Waals surface area contributed by atoms with E-state index in [-0.39, 0.29) is 6.61 Å². The molecule has 0 aliphatic rings. The topological polar surface area (TPSA) is 40.5 Å². The molecule has 0 amide bonds.